The van der Waals surface area contributed by atoms with Gasteiger partial charge in [-0.3, -0.25) is 0 Å². The molecule has 23 heavy (non-hydrogen) atoms. The fraction of sp³-hybridized carbons (Fsp3) is 0.389. The van der Waals surface area contributed by atoms with E-state index in [4.69, 9.17) is 11.6 Å². The molecule has 1 N–H and O–H groups in total. The summed E-state index contributed by atoms with van der Waals surface area (Å²) in [6, 6.07) is 12.3. The first kappa shape index (κ1) is 16.3. The average molecular weight is 349 g/mol. The molecule has 0 saturated carbocycles. The maximum atomic E-state index is 12.7. The Morgan fingerprint density at radius 1 is 1.35 bits per heavy atom. The Bertz CT molecular complexity index is 700. The van der Waals surface area contributed by atoms with Crippen molar-refractivity contribution < 1.29 is 4.79 Å². The summed E-state index contributed by atoms with van der Waals surface area (Å²) in [7, 11) is 0. The van der Waals surface area contributed by atoms with E-state index in [2.05, 4.69) is 24.4 Å². The number of carbonyl (C=O) groups is 1. The van der Waals surface area contributed by atoms with Crippen molar-refractivity contribution in [3.05, 3.63) is 56.7 Å². The largest absolute Gasteiger partial charge is 0.331 e. The van der Waals surface area contributed by atoms with Crippen molar-refractivity contribution in [1.82, 2.24) is 10.2 Å². The molecule has 1 aliphatic heterocycles. The minimum Gasteiger partial charge on any atom is -0.331 e. The Kier molecular flexibility index (Phi) is 4.93. The Hall–Kier alpha value is -1.52. The van der Waals surface area contributed by atoms with Crippen molar-refractivity contribution in [2.24, 2.45) is 0 Å². The third-order valence-electron chi connectivity index (χ3n) is 4.42. The molecule has 2 aromatic rings. The molecule has 5 heteroatoms. The number of benzene rings is 1. The highest BCUT2D eigenvalue weighted by Crippen LogP contribution is 2.34. The molecular formula is C18H21ClN2OS. The molecule has 2 heterocycles. The van der Waals surface area contributed by atoms with Crippen molar-refractivity contribution in [3.63, 3.8) is 0 Å². The summed E-state index contributed by atoms with van der Waals surface area (Å²) in [5.41, 5.74) is 2.50. The van der Waals surface area contributed by atoms with Crippen LogP contribution in [0.1, 0.15) is 47.9 Å². The Morgan fingerprint density at radius 2 is 2.13 bits per heavy atom. The highest BCUT2D eigenvalue weighted by atomic mass is 35.5. The van der Waals surface area contributed by atoms with Crippen LogP contribution in [-0.2, 0) is 0 Å². The first-order valence-electron chi connectivity index (χ1n) is 7.94. The van der Waals surface area contributed by atoms with Crippen molar-refractivity contribution in [3.8, 4) is 0 Å². The van der Waals surface area contributed by atoms with Gasteiger partial charge in [-0.25, -0.2) is 4.79 Å². The number of amides is 2. The molecule has 1 fully saturated rings. The van der Waals surface area contributed by atoms with Gasteiger partial charge in [0.2, 0.25) is 0 Å². The van der Waals surface area contributed by atoms with Crippen LogP contribution in [0, 0.1) is 6.92 Å². The quantitative estimate of drug-likeness (QED) is 0.800. The Morgan fingerprint density at radius 3 is 2.83 bits per heavy atom. The van der Waals surface area contributed by atoms with E-state index in [1.165, 1.54) is 22.5 Å². The topological polar surface area (TPSA) is 32.3 Å². The molecule has 2 unspecified atom stereocenters. The molecule has 0 radical (unpaired) electrons. The van der Waals surface area contributed by atoms with Crippen molar-refractivity contribution >= 4 is 29.0 Å². The number of thiophene rings is 1. The summed E-state index contributed by atoms with van der Waals surface area (Å²) in [5, 5.41) is 3.11. The molecular weight excluding hydrogens is 328 g/mol. The van der Waals surface area contributed by atoms with Crippen LogP contribution in [-0.4, -0.2) is 17.5 Å². The summed E-state index contributed by atoms with van der Waals surface area (Å²) < 4.78 is 0.750. The van der Waals surface area contributed by atoms with E-state index in [1.807, 2.05) is 36.1 Å². The minimum atomic E-state index is -0.0295. The first-order chi connectivity index (χ1) is 11.1. The summed E-state index contributed by atoms with van der Waals surface area (Å²) in [6.45, 7) is 4.92. The lowest BCUT2D eigenvalue weighted by Gasteiger charge is -2.28. The van der Waals surface area contributed by atoms with Crippen LogP contribution >= 0.6 is 22.9 Å². The number of halogens is 1. The second kappa shape index (κ2) is 6.93. The standard InChI is InChI=1S/C18H21ClN2OS/c1-12-6-3-4-7-14(12)15-8-5-11-21(15)18(22)20-13(2)16-9-10-17(19)23-16/h3-4,6-7,9-10,13,15H,5,8,11H2,1-2H3,(H,20,22). The number of likely N-dealkylation sites (tertiary alicyclic amines) is 1. The summed E-state index contributed by atoms with van der Waals surface area (Å²) in [5.74, 6) is 0. The first-order valence-corrected chi connectivity index (χ1v) is 9.13. The lowest BCUT2D eigenvalue weighted by atomic mass is 9.99. The van der Waals surface area contributed by atoms with Crippen LogP contribution in [0.5, 0.6) is 0 Å². The van der Waals surface area contributed by atoms with Gasteiger partial charge in [0, 0.05) is 11.4 Å². The predicted octanol–water partition coefficient (Wildman–Crippen LogP) is 5.32. The lowest BCUT2D eigenvalue weighted by molar-refractivity contribution is 0.190. The Balaban J connectivity index is 1.72. The van der Waals surface area contributed by atoms with Crippen molar-refractivity contribution in [2.45, 2.75) is 38.8 Å². The summed E-state index contributed by atoms with van der Waals surface area (Å²) >= 11 is 7.50. The van der Waals surface area contributed by atoms with Gasteiger partial charge in [-0.15, -0.1) is 11.3 Å². The molecule has 1 saturated heterocycles. The second-order valence-electron chi connectivity index (χ2n) is 6.02. The van der Waals surface area contributed by atoms with Crippen LogP contribution in [0.2, 0.25) is 4.34 Å². The average Bonchev–Trinajstić information content (AvgIpc) is 3.16. The zero-order valence-electron chi connectivity index (χ0n) is 13.4. The maximum Gasteiger partial charge on any atom is 0.318 e. The molecule has 0 aliphatic carbocycles. The SMILES string of the molecule is Cc1ccccc1C1CCCN1C(=O)NC(C)c1ccc(Cl)s1. The molecule has 0 spiro atoms. The van der Waals surface area contributed by atoms with Crippen LogP contribution in [0.15, 0.2) is 36.4 Å². The molecule has 1 aromatic carbocycles. The zero-order valence-corrected chi connectivity index (χ0v) is 15.0. The normalized spacial score (nSPS) is 18.9. The molecule has 3 rings (SSSR count). The smallest absolute Gasteiger partial charge is 0.318 e. The number of aryl methyl sites for hydroxylation is 1. The highest BCUT2D eigenvalue weighted by Gasteiger charge is 2.31. The summed E-state index contributed by atoms with van der Waals surface area (Å²) in [4.78, 5) is 15.8. The predicted molar refractivity (Wildman–Crippen MR) is 96.1 cm³/mol. The van der Waals surface area contributed by atoms with Gasteiger partial charge in [0.25, 0.3) is 0 Å². The van der Waals surface area contributed by atoms with E-state index < -0.39 is 0 Å². The minimum absolute atomic E-state index is 0.00720. The lowest BCUT2D eigenvalue weighted by Crippen LogP contribution is -2.40. The van der Waals surface area contributed by atoms with E-state index in [9.17, 15) is 4.79 Å². The number of hydrogen-bond acceptors (Lipinski definition) is 2. The maximum absolute atomic E-state index is 12.7. The number of rotatable bonds is 3. The number of nitrogens with one attached hydrogen (secondary N) is 1. The van der Waals surface area contributed by atoms with Gasteiger partial charge >= 0.3 is 6.03 Å². The van der Waals surface area contributed by atoms with Gasteiger partial charge in [-0.1, -0.05) is 35.9 Å². The van der Waals surface area contributed by atoms with Crippen LogP contribution < -0.4 is 5.32 Å². The third-order valence-corrected chi connectivity index (χ3v) is 5.84. The fourth-order valence-corrected chi connectivity index (χ4v) is 4.26. The van der Waals surface area contributed by atoms with E-state index in [0.29, 0.717) is 0 Å². The van der Waals surface area contributed by atoms with Gasteiger partial charge in [-0.05, 0) is 49.9 Å². The third kappa shape index (κ3) is 3.54. The van der Waals surface area contributed by atoms with Crippen molar-refractivity contribution in [2.75, 3.05) is 6.54 Å². The van der Waals surface area contributed by atoms with Gasteiger partial charge < -0.3 is 10.2 Å². The van der Waals surface area contributed by atoms with Crippen LogP contribution in [0.4, 0.5) is 4.79 Å². The Labute approximate surface area is 146 Å². The fourth-order valence-electron chi connectivity index (χ4n) is 3.19. The van der Waals surface area contributed by atoms with Crippen molar-refractivity contribution in [1.29, 1.82) is 0 Å². The molecule has 1 aromatic heterocycles. The number of carbonyl (C=O) groups excluding carboxylic acids is 1. The number of urea groups is 1. The molecule has 2 atom stereocenters. The monoisotopic (exact) mass is 348 g/mol. The van der Waals surface area contributed by atoms with Crippen LogP contribution in [0.25, 0.3) is 0 Å². The van der Waals surface area contributed by atoms with E-state index in [-0.39, 0.29) is 18.1 Å². The molecule has 3 nitrogen and oxygen atoms in total. The summed E-state index contributed by atoms with van der Waals surface area (Å²) in [6.07, 6.45) is 2.07. The van der Waals surface area contributed by atoms with E-state index in [1.54, 1.807) is 0 Å². The van der Waals surface area contributed by atoms with Gasteiger partial charge in [0.05, 0.1) is 16.4 Å². The molecule has 1 aliphatic rings. The van der Waals surface area contributed by atoms with E-state index >= 15 is 0 Å². The van der Waals surface area contributed by atoms with E-state index in [0.717, 1.165) is 28.6 Å². The second-order valence-corrected chi connectivity index (χ2v) is 7.77. The van der Waals surface area contributed by atoms with Crippen LogP contribution in [0.3, 0.4) is 0 Å². The van der Waals surface area contributed by atoms with Gasteiger partial charge in [0.15, 0.2) is 0 Å². The molecule has 122 valence electrons. The molecule has 2 amide bonds. The highest BCUT2D eigenvalue weighted by molar-refractivity contribution is 7.16. The van der Waals surface area contributed by atoms with Gasteiger partial charge in [0.1, 0.15) is 0 Å². The molecule has 0 bridgehead atoms. The number of hydrogen-bond donors (Lipinski definition) is 1. The number of nitrogens with zero attached hydrogens (tertiary/aromatic N) is 1. The zero-order chi connectivity index (χ0) is 16.4. The van der Waals surface area contributed by atoms with Gasteiger partial charge in [-0.2, -0.15) is 0 Å².